The summed E-state index contributed by atoms with van der Waals surface area (Å²) >= 11 is 0. The maximum Gasteiger partial charge on any atom is 0.255 e. The first kappa shape index (κ1) is 16.4. The van der Waals surface area contributed by atoms with Crippen LogP contribution in [0, 0.1) is 6.92 Å². The van der Waals surface area contributed by atoms with Gasteiger partial charge < -0.3 is 15.6 Å². The van der Waals surface area contributed by atoms with Gasteiger partial charge in [0.15, 0.2) is 0 Å². The van der Waals surface area contributed by atoms with Gasteiger partial charge in [-0.3, -0.25) is 9.59 Å². The number of rotatable bonds is 4. The standard InChI is InChI=1S/C19H18N4O2/c1-12-18(21-11-20-12)15-4-3-5-17(10-15)23-19(25)14-6-8-16(9-7-14)22-13(2)24/h3-11H,1-2H3,(H,20,21)(H,22,24)(H,23,25). The predicted molar refractivity (Wildman–Crippen MR) is 97.5 cm³/mol. The molecule has 0 bridgehead atoms. The second-order valence-corrected chi connectivity index (χ2v) is 5.67. The van der Waals surface area contributed by atoms with Gasteiger partial charge in [-0.15, -0.1) is 0 Å². The topological polar surface area (TPSA) is 86.9 Å². The van der Waals surface area contributed by atoms with Crippen LogP contribution in [0.15, 0.2) is 54.9 Å². The molecule has 0 radical (unpaired) electrons. The van der Waals surface area contributed by atoms with Crippen LogP contribution in [-0.2, 0) is 4.79 Å². The minimum Gasteiger partial charge on any atom is -0.348 e. The minimum absolute atomic E-state index is 0.150. The Morgan fingerprint density at radius 1 is 1.00 bits per heavy atom. The Balaban J connectivity index is 1.75. The highest BCUT2D eigenvalue weighted by Gasteiger charge is 2.09. The van der Waals surface area contributed by atoms with Crippen LogP contribution in [0.3, 0.4) is 0 Å². The average Bonchev–Trinajstić information content (AvgIpc) is 3.01. The van der Waals surface area contributed by atoms with Gasteiger partial charge in [0.2, 0.25) is 5.91 Å². The van der Waals surface area contributed by atoms with E-state index in [4.69, 9.17) is 0 Å². The molecule has 0 aliphatic carbocycles. The first-order valence-corrected chi connectivity index (χ1v) is 7.82. The molecule has 1 heterocycles. The number of aromatic nitrogens is 2. The van der Waals surface area contributed by atoms with Crippen molar-refractivity contribution in [2.24, 2.45) is 0 Å². The Labute approximate surface area is 145 Å². The number of hydrogen-bond donors (Lipinski definition) is 3. The smallest absolute Gasteiger partial charge is 0.255 e. The van der Waals surface area contributed by atoms with Gasteiger partial charge in [-0.2, -0.15) is 0 Å². The minimum atomic E-state index is -0.217. The van der Waals surface area contributed by atoms with Crippen molar-refractivity contribution in [2.45, 2.75) is 13.8 Å². The van der Waals surface area contributed by atoms with Crippen LogP contribution in [0.25, 0.3) is 11.3 Å². The van der Waals surface area contributed by atoms with E-state index >= 15 is 0 Å². The fourth-order valence-electron chi connectivity index (χ4n) is 2.51. The molecule has 1 aromatic heterocycles. The lowest BCUT2D eigenvalue weighted by molar-refractivity contribution is -0.114. The SMILES string of the molecule is CC(=O)Nc1ccc(C(=O)Nc2cccc(-c3nc[nH]c3C)c2)cc1. The van der Waals surface area contributed by atoms with E-state index in [-0.39, 0.29) is 11.8 Å². The van der Waals surface area contributed by atoms with Crippen LogP contribution in [0.4, 0.5) is 11.4 Å². The normalized spacial score (nSPS) is 10.3. The van der Waals surface area contributed by atoms with Gasteiger partial charge in [-0.05, 0) is 43.3 Å². The van der Waals surface area contributed by atoms with Gasteiger partial charge in [0, 0.05) is 35.1 Å². The summed E-state index contributed by atoms with van der Waals surface area (Å²) in [5.41, 5.74) is 4.61. The largest absolute Gasteiger partial charge is 0.348 e. The number of carbonyl (C=O) groups excluding carboxylic acids is 2. The zero-order chi connectivity index (χ0) is 17.8. The molecule has 0 saturated carbocycles. The maximum atomic E-state index is 12.4. The van der Waals surface area contributed by atoms with E-state index < -0.39 is 0 Å². The molecule has 6 heteroatoms. The number of imidazole rings is 1. The molecule has 0 fully saturated rings. The van der Waals surface area contributed by atoms with Crippen molar-refractivity contribution in [3.8, 4) is 11.3 Å². The van der Waals surface area contributed by atoms with Crippen LogP contribution >= 0.6 is 0 Å². The van der Waals surface area contributed by atoms with Crippen molar-refractivity contribution in [1.29, 1.82) is 0 Å². The zero-order valence-corrected chi connectivity index (χ0v) is 14.0. The third-order valence-corrected chi connectivity index (χ3v) is 3.69. The summed E-state index contributed by atoms with van der Waals surface area (Å²) in [6.07, 6.45) is 1.65. The number of anilines is 2. The molecule has 126 valence electrons. The third kappa shape index (κ3) is 3.92. The van der Waals surface area contributed by atoms with Crippen molar-refractivity contribution in [1.82, 2.24) is 9.97 Å². The molecule has 0 saturated heterocycles. The summed E-state index contributed by atoms with van der Waals surface area (Å²) in [5, 5.41) is 5.54. The van der Waals surface area contributed by atoms with E-state index in [1.807, 2.05) is 31.2 Å². The van der Waals surface area contributed by atoms with Gasteiger partial charge in [-0.1, -0.05) is 12.1 Å². The molecule has 0 unspecified atom stereocenters. The highest BCUT2D eigenvalue weighted by Crippen LogP contribution is 2.23. The first-order valence-electron chi connectivity index (χ1n) is 7.82. The fourth-order valence-corrected chi connectivity index (χ4v) is 2.51. The molecule has 2 amide bonds. The van der Waals surface area contributed by atoms with E-state index in [2.05, 4.69) is 20.6 Å². The van der Waals surface area contributed by atoms with Crippen LogP contribution in [0.2, 0.25) is 0 Å². The summed E-state index contributed by atoms with van der Waals surface area (Å²) in [5.74, 6) is -0.368. The Kier molecular flexibility index (Phi) is 4.61. The van der Waals surface area contributed by atoms with E-state index in [1.165, 1.54) is 6.92 Å². The summed E-state index contributed by atoms with van der Waals surface area (Å²) in [7, 11) is 0. The number of hydrogen-bond acceptors (Lipinski definition) is 3. The zero-order valence-electron chi connectivity index (χ0n) is 14.0. The van der Waals surface area contributed by atoms with Gasteiger partial charge in [-0.25, -0.2) is 4.98 Å². The predicted octanol–water partition coefficient (Wildman–Crippen LogP) is 3.60. The quantitative estimate of drug-likeness (QED) is 0.681. The van der Waals surface area contributed by atoms with Crippen molar-refractivity contribution in [2.75, 3.05) is 10.6 Å². The second kappa shape index (κ2) is 7.00. The number of nitrogens with one attached hydrogen (secondary N) is 3. The number of aromatic amines is 1. The molecule has 0 aliphatic rings. The molecule has 3 aromatic rings. The molecule has 0 aliphatic heterocycles. The average molecular weight is 334 g/mol. The molecule has 2 aromatic carbocycles. The highest BCUT2D eigenvalue weighted by atomic mass is 16.2. The molecular weight excluding hydrogens is 316 g/mol. The number of amides is 2. The number of nitrogens with zero attached hydrogens (tertiary/aromatic N) is 1. The third-order valence-electron chi connectivity index (χ3n) is 3.69. The van der Waals surface area contributed by atoms with Gasteiger partial charge in [0.25, 0.3) is 5.91 Å². The second-order valence-electron chi connectivity index (χ2n) is 5.67. The molecule has 25 heavy (non-hydrogen) atoms. The lowest BCUT2D eigenvalue weighted by Crippen LogP contribution is -2.12. The Morgan fingerprint density at radius 3 is 2.40 bits per heavy atom. The van der Waals surface area contributed by atoms with E-state index in [0.29, 0.717) is 16.9 Å². The van der Waals surface area contributed by atoms with Crippen LogP contribution in [-0.4, -0.2) is 21.8 Å². The van der Waals surface area contributed by atoms with Crippen molar-refractivity contribution >= 4 is 23.2 Å². The lowest BCUT2D eigenvalue weighted by atomic mass is 10.1. The van der Waals surface area contributed by atoms with E-state index in [1.54, 1.807) is 30.6 Å². The molecule has 3 N–H and O–H groups in total. The molecular formula is C19H18N4O2. The number of H-pyrrole nitrogens is 1. The molecule has 6 nitrogen and oxygen atoms in total. The van der Waals surface area contributed by atoms with E-state index in [0.717, 1.165) is 17.0 Å². The van der Waals surface area contributed by atoms with Gasteiger partial charge >= 0.3 is 0 Å². The number of carbonyl (C=O) groups is 2. The molecule has 3 rings (SSSR count). The Bertz CT molecular complexity index is 913. The highest BCUT2D eigenvalue weighted by molar-refractivity contribution is 6.04. The summed E-state index contributed by atoms with van der Waals surface area (Å²) in [6, 6.07) is 14.3. The summed E-state index contributed by atoms with van der Waals surface area (Å²) < 4.78 is 0. The van der Waals surface area contributed by atoms with Crippen molar-refractivity contribution in [3.05, 3.63) is 66.1 Å². The molecule has 0 spiro atoms. The monoisotopic (exact) mass is 334 g/mol. The Hall–Kier alpha value is -3.41. The van der Waals surface area contributed by atoms with Crippen molar-refractivity contribution in [3.63, 3.8) is 0 Å². The van der Waals surface area contributed by atoms with Crippen LogP contribution in [0.1, 0.15) is 23.0 Å². The van der Waals surface area contributed by atoms with Gasteiger partial charge in [0.05, 0.1) is 12.0 Å². The Morgan fingerprint density at radius 2 is 1.76 bits per heavy atom. The fraction of sp³-hybridized carbons (Fsp3) is 0.105. The first-order chi connectivity index (χ1) is 12.0. The van der Waals surface area contributed by atoms with Crippen molar-refractivity contribution < 1.29 is 9.59 Å². The van der Waals surface area contributed by atoms with E-state index in [9.17, 15) is 9.59 Å². The summed E-state index contributed by atoms with van der Waals surface area (Å²) in [4.78, 5) is 30.8. The van der Waals surface area contributed by atoms with Crippen LogP contribution < -0.4 is 10.6 Å². The number of benzene rings is 2. The lowest BCUT2D eigenvalue weighted by Gasteiger charge is -2.08. The van der Waals surface area contributed by atoms with Crippen LogP contribution in [0.5, 0.6) is 0 Å². The number of aryl methyl sites for hydroxylation is 1. The maximum absolute atomic E-state index is 12.4. The molecule has 0 atom stereocenters. The summed E-state index contributed by atoms with van der Waals surface area (Å²) in [6.45, 7) is 3.39. The van der Waals surface area contributed by atoms with Gasteiger partial charge in [0.1, 0.15) is 0 Å².